The summed E-state index contributed by atoms with van der Waals surface area (Å²) >= 11 is 0. The Hall–Kier alpha value is -3.49. The number of nitrogens with zero attached hydrogens (tertiary/aromatic N) is 5. The van der Waals surface area contributed by atoms with E-state index in [1.807, 2.05) is 0 Å². The van der Waals surface area contributed by atoms with Gasteiger partial charge in [-0.25, -0.2) is 9.07 Å². The molecule has 1 atom stereocenters. The van der Waals surface area contributed by atoms with Crippen LogP contribution < -0.4 is 5.73 Å². The van der Waals surface area contributed by atoms with Crippen LogP contribution >= 0.6 is 0 Å². The molecule has 3 heterocycles. The van der Waals surface area contributed by atoms with Gasteiger partial charge in [0.2, 0.25) is 0 Å². The zero-order valence-electron chi connectivity index (χ0n) is 15.2. The summed E-state index contributed by atoms with van der Waals surface area (Å²) in [4.78, 5) is 27.4. The van der Waals surface area contributed by atoms with Crippen LogP contribution in [0.15, 0.2) is 42.7 Å². The summed E-state index contributed by atoms with van der Waals surface area (Å²) in [5.74, 6) is -0.870. The maximum Gasteiger partial charge on any atom is 0.274 e. The van der Waals surface area contributed by atoms with Gasteiger partial charge < -0.3 is 10.6 Å². The maximum atomic E-state index is 13.5. The number of likely N-dealkylation sites (tertiary alicyclic amines) is 1. The SMILES string of the molecule is Cn1ccc(C(=O)N2CCC[C@@H]2C(=O)c2cnn(-c3cccc(F)c3)c2N)n1. The van der Waals surface area contributed by atoms with E-state index in [1.54, 1.807) is 30.1 Å². The number of Topliss-reactive ketones (excluding diaryl/α,β-unsaturated/α-hetero) is 1. The largest absolute Gasteiger partial charge is 0.383 e. The molecule has 1 fully saturated rings. The zero-order valence-corrected chi connectivity index (χ0v) is 15.2. The number of carbonyl (C=O) groups excluding carboxylic acids is 2. The number of halogens is 1. The number of amides is 1. The lowest BCUT2D eigenvalue weighted by molar-refractivity contribution is 0.0667. The molecule has 28 heavy (non-hydrogen) atoms. The quantitative estimate of drug-likeness (QED) is 0.694. The lowest BCUT2D eigenvalue weighted by Crippen LogP contribution is -2.41. The molecule has 1 aromatic carbocycles. The monoisotopic (exact) mass is 382 g/mol. The van der Waals surface area contributed by atoms with Gasteiger partial charge in [-0.15, -0.1) is 0 Å². The average Bonchev–Trinajstić information content (AvgIpc) is 3.40. The summed E-state index contributed by atoms with van der Waals surface area (Å²) in [5.41, 5.74) is 7.06. The Morgan fingerprint density at radius 2 is 2.11 bits per heavy atom. The van der Waals surface area contributed by atoms with E-state index >= 15 is 0 Å². The Balaban J connectivity index is 1.61. The van der Waals surface area contributed by atoms with Gasteiger partial charge in [-0.1, -0.05) is 6.07 Å². The Kier molecular flexibility index (Phi) is 4.42. The standard InChI is InChI=1S/C19H19FN6O2/c1-24-9-7-15(23-24)19(28)25-8-3-6-16(25)17(27)14-11-22-26(18(14)21)13-5-2-4-12(20)10-13/h2,4-5,7,9-11,16H,3,6,8,21H2,1H3/t16-/m1/s1. The van der Waals surface area contributed by atoms with Crippen molar-refractivity contribution in [3.8, 4) is 5.69 Å². The number of nitrogens with two attached hydrogens (primary N) is 1. The molecular formula is C19H19FN6O2. The van der Waals surface area contributed by atoms with Crippen molar-refractivity contribution in [2.45, 2.75) is 18.9 Å². The van der Waals surface area contributed by atoms with E-state index in [4.69, 9.17) is 5.73 Å². The highest BCUT2D eigenvalue weighted by atomic mass is 19.1. The molecule has 2 aromatic heterocycles. The predicted molar refractivity (Wildman–Crippen MR) is 99.5 cm³/mol. The molecule has 0 bridgehead atoms. The second-order valence-electron chi connectivity index (χ2n) is 6.73. The lowest BCUT2D eigenvalue weighted by Gasteiger charge is -2.22. The number of rotatable bonds is 4. The number of hydrogen-bond acceptors (Lipinski definition) is 5. The Labute approximate surface area is 160 Å². The maximum absolute atomic E-state index is 13.5. The van der Waals surface area contributed by atoms with Crippen molar-refractivity contribution in [1.82, 2.24) is 24.5 Å². The van der Waals surface area contributed by atoms with Gasteiger partial charge in [0, 0.05) is 19.8 Å². The first kappa shape index (κ1) is 17.9. The molecule has 1 aliphatic heterocycles. The molecule has 144 valence electrons. The first-order valence-electron chi connectivity index (χ1n) is 8.90. The second kappa shape index (κ2) is 6.91. The Morgan fingerprint density at radius 3 is 2.82 bits per heavy atom. The Morgan fingerprint density at radius 1 is 1.29 bits per heavy atom. The van der Waals surface area contributed by atoms with Crippen LogP contribution in [0.4, 0.5) is 10.2 Å². The molecule has 1 saturated heterocycles. The van der Waals surface area contributed by atoms with Crippen LogP contribution in [0.1, 0.15) is 33.7 Å². The highest BCUT2D eigenvalue weighted by Gasteiger charge is 2.37. The summed E-state index contributed by atoms with van der Waals surface area (Å²) in [6.45, 7) is 0.476. The van der Waals surface area contributed by atoms with E-state index < -0.39 is 11.9 Å². The minimum atomic E-state index is -0.623. The van der Waals surface area contributed by atoms with Crippen molar-refractivity contribution >= 4 is 17.5 Å². The molecule has 1 amide bonds. The van der Waals surface area contributed by atoms with Gasteiger partial charge in [-0.2, -0.15) is 10.2 Å². The van der Waals surface area contributed by atoms with Crippen LogP contribution in [-0.4, -0.2) is 48.7 Å². The highest BCUT2D eigenvalue weighted by molar-refractivity contribution is 6.06. The van der Waals surface area contributed by atoms with E-state index in [-0.39, 0.29) is 23.1 Å². The van der Waals surface area contributed by atoms with E-state index in [1.165, 1.54) is 34.0 Å². The van der Waals surface area contributed by atoms with Crippen molar-refractivity contribution in [2.75, 3.05) is 12.3 Å². The van der Waals surface area contributed by atoms with E-state index in [0.29, 0.717) is 30.8 Å². The minimum absolute atomic E-state index is 0.118. The van der Waals surface area contributed by atoms with Crippen LogP contribution in [0.25, 0.3) is 5.69 Å². The van der Waals surface area contributed by atoms with Crippen LogP contribution in [0.3, 0.4) is 0 Å². The highest BCUT2D eigenvalue weighted by Crippen LogP contribution is 2.26. The van der Waals surface area contributed by atoms with Crippen molar-refractivity contribution in [3.63, 3.8) is 0 Å². The van der Waals surface area contributed by atoms with Gasteiger partial charge in [-0.05, 0) is 37.1 Å². The van der Waals surface area contributed by atoms with Crippen LogP contribution in [-0.2, 0) is 7.05 Å². The Bertz CT molecular complexity index is 1060. The third kappa shape index (κ3) is 3.04. The number of ketones is 1. The normalized spacial score (nSPS) is 16.5. The van der Waals surface area contributed by atoms with Gasteiger partial charge in [0.05, 0.1) is 23.5 Å². The minimum Gasteiger partial charge on any atom is -0.383 e. The van der Waals surface area contributed by atoms with Gasteiger partial charge in [0.1, 0.15) is 17.3 Å². The molecule has 0 aliphatic carbocycles. The smallest absolute Gasteiger partial charge is 0.274 e. The second-order valence-corrected chi connectivity index (χ2v) is 6.73. The fourth-order valence-electron chi connectivity index (χ4n) is 3.50. The van der Waals surface area contributed by atoms with Gasteiger partial charge in [0.15, 0.2) is 5.78 Å². The van der Waals surface area contributed by atoms with Crippen molar-refractivity contribution in [2.24, 2.45) is 7.05 Å². The van der Waals surface area contributed by atoms with Crippen LogP contribution in [0, 0.1) is 5.82 Å². The number of benzene rings is 1. The third-order valence-corrected chi connectivity index (χ3v) is 4.87. The molecule has 0 saturated carbocycles. The molecule has 2 N–H and O–H groups in total. The van der Waals surface area contributed by atoms with E-state index in [0.717, 1.165) is 0 Å². The fraction of sp³-hybridized carbons (Fsp3) is 0.263. The van der Waals surface area contributed by atoms with Crippen LogP contribution in [0.2, 0.25) is 0 Å². The molecule has 9 heteroatoms. The number of carbonyl (C=O) groups is 2. The number of aryl methyl sites for hydroxylation is 1. The summed E-state index contributed by atoms with van der Waals surface area (Å²) in [5, 5.41) is 8.26. The van der Waals surface area contributed by atoms with E-state index in [9.17, 15) is 14.0 Å². The average molecular weight is 382 g/mol. The molecule has 0 spiro atoms. The molecule has 1 aliphatic rings. The first-order chi connectivity index (χ1) is 13.5. The van der Waals surface area contributed by atoms with Crippen LogP contribution in [0.5, 0.6) is 0 Å². The summed E-state index contributed by atoms with van der Waals surface area (Å²) < 4.78 is 16.4. The number of hydrogen-bond donors (Lipinski definition) is 1. The molecule has 0 unspecified atom stereocenters. The zero-order chi connectivity index (χ0) is 19.8. The first-order valence-corrected chi connectivity index (χ1v) is 8.90. The van der Waals surface area contributed by atoms with Crippen molar-refractivity contribution in [3.05, 3.63) is 59.8 Å². The van der Waals surface area contributed by atoms with Gasteiger partial charge in [0.25, 0.3) is 5.91 Å². The van der Waals surface area contributed by atoms with Crippen molar-refractivity contribution < 1.29 is 14.0 Å². The summed E-state index contributed by atoms with van der Waals surface area (Å²) in [6.07, 6.45) is 4.31. The topological polar surface area (TPSA) is 99.0 Å². The fourth-order valence-corrected chi connectivity index (χ4v) is 3.50. The lowest BCUT2D eigenvalue weighted by atomic mass is 10.0. The molecular weight excluding hydrogens is 363 g/mol. The van der Waals surface area contributed by atoms with Gasteiger partial charge >= 0.3 is 0 Å². The van der Waals surface area contributed by atoms with E-state index in [2.05, 4.69) is 10.2 Å². The molecule has 0 radical (unpaired) electrons. The van der Waals surface area contributed by atoms with Gasteiger partial charge in [-0.3, -0.25) is 14.3 Å². The van der Waals surface area contributed by atoms with Crippen molar-refractivity contribution in [1.29, 1.82) is 0 Å². The molecule has 4 rings (SSSR count). The number of anilines is 1. The third-order valence-electron chi connectivity index (χ3n) is 4.87. The summed E-state index contributed by atoms with van der Waals surface area (Å²) in [6, 6.07) is 6.78. The summed E-state index contributed by atoms with van der Waals surface area (Å²) in [7, 11) is 1.73. The predicted octanol–water partition coefficient (Wildman–Crippen LogP) is 1.81. The number of nitrogen functional groups attached to an aromatic ring is 1. The molecule has 3 aromatic rings. The number of aromatic nitrogens is 4. The molecule has 8 nitrogen and oxygen atoms in total.